The van der Waals surface area contributed by atoms with E-state index in [2.05, 4.69) is 15.3 Å². The van der Waals surface area contributed by atoms with Crippen LogP contribution in [0.4, 0.5) is 0 Å². The summed E-state index contributed by atoms with van der Waals surface area (Å²) in [6.07, 6.45) is 4.51. The molecule has 0 aliphatic rings. The second-order valence-electron chi connectivity index (χ2n) is 6.08. The first kappa shape index (κ1) is 17.6. The van der Waals surface area contributed by atoms with Crippen molar-refractivity contribution in [1.82, 2.24) is 15.3 Å². The summed E-state index contributed by atoms with van der Waals surface area (Å²) in [4.78, 5) is 21.4. The van der Waals surface area contributed by atoms with Gasteiger partial charge in [0, 0.05) is 29.8 Å². The summed E-state index contributed by atoms with van der Waals surface area (Å²) in [6, 6.07) is 3.68. The Bertz CT molecular complexity index is 812. The summed E-state index contributed by atoms with van der Waals surface area (Å²) in [7, 11) is -3.19. The lowest BCUT2D eigenvalue weighted by Crippen LogP contribution is -2.48. The Balaban J connectivity index is 2.22. The fraction of sp³-hybridized carbons (Fsp3) is 0.400. The molecular weight excluding hydrogens is 334 g/mol. The molecule has 1 N–H and O–H groups in total. The smallest absolute Gasteiger partial charge is 0.263 e. The second kappa shape index (κ2) is 6.37. The highest BCUT2D eigenvalue weighted by atomic mass is 32.2. The maximum atomic E-state index is 12.5. The van der Waals surface area contributed by atoms with E-state index < -0.39 is 15.4 Å². The summed E-state index contributed by atoms with van der Waals surface area (Å²) < 4.78 is 22.9. The lowest BCUT2D eigenvalue weighted by Gasteiger charge is -2.24. The molecule has 0 aliphatic heterocycles. The van der Waals surface area contributed by atoms with Gasteiger partial charge in [-0.1, -0.05) is 0 Å². The van der Waals surface area contributed by atoms with Crippen molar-refractivity contribution in [3.8, 4) is 10.6 Å². The molecule has 0 saturated heterocycles. The van der Waals surface area contributed by atoms with Crippen molar-refractivity contribution >= 4 is 27.1 Å². The molecule has 0 atom stereocenters. The molecule has 0 bridgehead atoms. The van der Waals surface area contributed by atoms with Crippen LogP contribution in [0, 0.1) is 6.92 Å². The highest BCUT2D eigenvalue weighted by Crippen LogP contribution is 2.27. The minimum Gasteiger partial charge on any atom is -0.345 e. The first-order valence-electron chi connectivity index (χ1n) is 6.95. The first-order valence-corrected chi connectivity index (χ1v) is 9.83. The fourth-order valence-corrected chi connectivity index (χ4v) is 4.61. The third-order valence-corrected chi connectivity index (χ3v) is 5.44. The average Bonchev–Trinajstić information content (AvgIpc) is 2.78. The molecule has 2 rings (SSSR count). The van der Waals surface area contributed by atoms with Crippen LogP contribution in [0.3, 0.4) is 0 Å². The number of aromatic nitrogens is 2. The zero-order valence-electron chi connectivity index (χ0n) is 13.5. The number of sulfone groups is 1. The highest BCUT2D eigenvalue weighted by Gasteiger charge is 2.27. The summed E-state index contributed by atoms with van der Waals surface area (Å²) in [5, 5.41) is 3.48. The van der Waals surface area contributed by atoms with Crippen LogP contribution in [-0.4, -0.2) is 41.8 Å². The number of nitrogens with one attached hydrogen (secondary N) is 1. The number of thiazole rings is 1. The zero-order valence-corrected chi connectivity index (χ0v) is 15.1. The zero-order chi connectivity index (χ0) is 17.3. The van der Waals surface area contributed by atoms with Crippen LogP contribution in [0.5, 0.6) is 0 Å². The third-order valence-electron chi connectivity index (χ3n) is 2.99. The molecule has 0 unspecified atom stereocenters. The number of rotatable bonds is 5. The largest absolute Gasteiger partial charge is 0.345 e. The van der Waals surface area contributed by atoms with Crippen molar-refractivity contribution in [2.45, 2.75) is 26.3 Å². The van der Waals surface area contributed by atoms with E-state index in [1.165, 1.54) is 11.3 Å². The van der Waals surface area contributed by atoms with E-state index >= 15 is 0 Å². The van der Waals surface area contributed by atoms with Crippen LogP contribution in [0.1, 0.15) is 29.2 Å². The molecule has 124 valence electrons. The van der Waals surface area contributed by atoms with Crippen molar-refractivity contribution in [3.63, 3.8) is 0 Å². The lowest BCUT2D eigenvalue weighted by atomic mass is 10.1. The monoisotopic (exact) mass is 353 g/mol. The number of nitrogens with zero attached hydrogens (tertiary/aromatic N) is 2. The van der Waals surface area contributed by atoms with Gasteiger partial charge < -0.3 is 5.32 Å². The van der Waals surface area contributed by atoms with Crippen LogP contribution in [0.25, 0.3) is 10.6 Å². The molecule has 0 radical (unpaired) electrons. The van der Waals surface area contributed by atoms with Gasteiger partial charge in [-0.15, -0.1) is 11.3 Å². The number of hydrogen-bond donors (Lipinski definition) is 1. The van der Waals surface area contributed by atoms with E-state index in [1.54, 1.807) is 39.2 Å². The van der Waals surface area contributed by atoms with E-state index in [4.69, 9.17) is 0 Å². The molecule has 23 heavy (non-hydrogen) atoms. The van der Waals surface area contributed by atoms with Crippen LogP contribution in [0.15, 0.2) is 24.5 Å². The Labute approximate surface area is 139 Å². The molecule has 0 saturated carbocycles. The lowest BCUT2D eigenvalue weighted by molar-refractivity contribution is 0.0924. The van der Waals surface area contributed by atoms with Crippen molar-refractivity contribution < 1.29 is 13.2 Å². The molecule has 0 fully saturated rings. The van der Waals surface area contributed by atoms with E-state index in [9.17, 15) is 13.2 Å². The van der Waals surface area contributed by atoms with Gasteiger partial charge >= 0.3 is 0 Å². The van der Waals surface area contributed by atoms with Gasteiger partial charge in [-0.2, -0.15) is 0 Å². The van der Waals surface area contributed by atoms with Crippen LogP contribution >= 0.6 is 11.3 Å². The van der Waals surface area contributed by atoms with Gasteiger partial charge in [0.1, 0.15) is 19.7 Å². The molecule has 8 heteroatoms. The standard InChI is InChI=1S/C15H19N3O3S2/c1-10-12(13(19)18-15(2,3)9-23(4,20)21)22-14(17-10)11-6-5-7-16-8-11/h5-8H,9H2,1-4H3,(H,18,19). The molecule has 0 aliphatic carbocycles. The van der Waals surface area contributed by atoms with Crippen LogP contribution in [0.2, 0.25) is 0 Å². The number of pyridine rings is 1. The number of carbonyl (C=O) groups excluding carboxylic acids is 1. The summed E-state index contributed by atoms with van der Waals surface area (Å²) in [5.74, 6) is -0.442. The molecule has 6 nitrogen and oxygen atoms in total. The SMILES string of the molecule is Cc1nc(-c2cccnc2)sc1C(=O)NC(C)(C)CS(C)(=O)=O. The van der Waals surface area contributed by atoms with Gasteiger partial charge in [0.15, 0.2) is 0 Å². The van der Waals surface area contributed by atoms with Gasteiger partial charge in [-0.3, -0.25) is 9.78 Å². The fourth-order valence-electron chi connectivity index (χ4n) is 2.28. The first-order chi connectivity index (χ1) is 10.6. The van der Waals surface area contributed by atoms with Crippen LogP contribution < -0.4 is 5.32 Å². The molecule has 1 amide bonds. The van der Waals surface area contributed by atoms with Crippen molar-refractivity contribution in [2.75, 3.05) is 12.0 Å². The average molecular weight is 353 g/mol. The Morgan fingerprint density at radius 1 is 1.39 bits per heavy atom. The van der Waals surface area contributed by atoms with Crippen molar-refractivity contribution in [1.29, 1.82) is 0 Å². The normalized spacial score (nSPS) is 12.2. The number of hydrogen-bond acceptors (Lipinski definition) is 6. The molecule has 2 heterocycles. The Kier molecular flexibility index (Phi) is 4.86. The Morgan fingerprint density at radius 3 is 2.65 bits per heavy atom. The minimum absolute atomic E-state index is 0.126. The molecule has 0 aromatic carbocycles. The second-order valence-corrected chi connectivity index (χ2v) is 9.22. The van der Waals surface area contributed by atoms with E-state index in [-0.39, 0.29) is 11.7 Å². The highest BCUT2D eigenvalue weighted by molar-refractivity contribution is 7.90. The van der Waals surface area contributed by atoms with Gasteiger partial charge in [0.25, 0.3) is 5.91 Å². The molecule has 2 aromatic rings. The maximum Gasteiger partial charge on any atom is 0.263 e. The Hall–Kier alpha value is -1.80. The van der Waals surface area contributed by atoms with E-state index in [1.807, 2.05) is 6.07 Å². The van der Waals surface area contributed by atoms with Gasteiger partial charge in [-0.05, 0) is 32.9 Å². The summed E-state index contributed by atoms with van der Waals surface area (Å²) >= 11 is 1.27. The summed E-state index contributed by atoms with van der Waals surface area (Å²) in [6.45, 7) is 5.13. The molecule has 0 spiro atoms. The molecular formula is C15H19N3O3S2. The van der Waals surface area contributed by atoms with Crippen molar-refractivity contribution in [3.05, 3.63) is 35.1 Å². The van der Waals surface area contributed by atoms with Crippen molar-refractivity contribution in [2.24, 2.45) is 0 Å². The van der Waals surface area contributed by atoms with Crippen LogP contribution in [-0.2, 0) is 9.84 Å². The predicted molar refractivity (Wildman–Crippen MR) is 91.3 cm³/mol. The Morgan fingerprint density at radius 2 is 2.09 bits per heavy atom. The number of aryl methyl sites for hydroxylation is 1. The minimum atomic E-state index is -3.19. The van der Waals surface area contributed by atoms with E-state index in [0.717, 1.165) is 11.8 Å². The van der Waals surface area contributed by atoms with Gasteiger partial charge in [0.2, 0.25) is 0 Å². The maximum absolute atomic E-state index is 12.5. The molecule has 2 aromatic heterocycles. The van der Waals surface area contributed by atoms with Gasteiger partial charge in [-0.25, -0.2) is 13.4 Å². The number of carbonyl (C=O) groups is 1. The third kappa shape index (κ3) is 4.84. The van der Waals surface area contributed by atoms with Gasteiger partial charge in [0.05, 0.1) is 11.4 Å². The topological polar surface area (TPSA) is 89.0 Å². The number of amides is 1. The summed E-state index contributed by atoms with van der Waals surface area (Å²) in [5.41, 5.74) is 0.604. The quantitative estimate of drug-likeness (QED) is 0.889. The van der Waals surface area contributed by atoms with E-state index in [0.29, 0.717) is 15.6 Å². The predicted octanol–water partition coefficient (Wildman–Crippen LogP) is 2.07.